The molecule has 3 rings (SSSR count). The molecule has 0 amide bonds. The number of aromatic nitrogens is 3. The van der Waals surface area contributed by atoms with Gasteiger partial charge >= 0.3 is 0 Å². The summed E-state index contributed by atoms with van der Waals surface area (Å²) in [7, 11) is 0. The van der Waals surface area contributed by atoms with E-state index in [2.05, 4.69) is 47.8 Å². The zero-order chi connectivity index (χ0) is 19.9. The van der Waals surface area contributed by atoms with Gasteiger partial charge in [-0.15, -0.1) is 0 Å². The Morgan fingerprint density at radius 3 is 2.89 bits per heavy atom. The first-order chi connectivity index (χ1) is 13.6. The summed E-state index contributed by atoms with van der Waals surface area (Å²) in [6, 6.07) is 6.24. The van der Waals surface area contributed by atoms with Crippen LogP contribution in [0.25, 0.3) is 11.0 Å². The van der Waals surface area contributed by atoms with E-state index in [4.69, 9.17) is 10.1 Å². The minimum atomic E-state index is -0.573. The number of benzene rings is 1. The molecule has 0 aliphatic carbocycles. The highest BCUT2D eigenvalue weighted by atomic mass is 79.9. The Hall–Kier alpha value is -3.46. The molecule has 2 aromatic heterocycles. The van der Waals surface area contributed by atoms with Crippen LogP contribution in [0.5, 0.6) is 5.75 Å². The third kappa shape index (κ3) is 4.63. The fourth-order valence-corrected chi connectivity index (χ4v) is 2.56. The van der Waals surface area contributed by atoms with Gasteiger partial charge < -0.3 is 10.1 Å². The number of rotatable bonds is 7. The van der Waals surface area contributed by atoms with Crippen LogP contribution in [0, 0.1) is 11.2 Å². The zero-order valence-electron chi connectivity index (χ0n) is 14.4. The largest absolute Gasteiger partial charge is 0.454 e. The number of halogens is 2. The van der Waals surface area contributed by atoms with E-state index in [-0.39, 0.29) is 5.75 Å². The first-order valence-corrected chi connectivity index (χ1v) is 8.75. The quantitative estimate of drug-likeness (QED) is 0.238. The number of fused-ring (bicyclic) bond motifs is 1. The maximum absolute atomic E-state index is 14.5. The van der Waals surface area contributed by atoms with Crippen molar-refractivity contribution in [2.45, 2.75) is 0 Å². The molecule has 9 heteroatoms. The lowest BCUT2D eigenvalue weighted by Gasteiger charge is -2.11. The third-order valence-electron chi connectivity index (χ3n) is 3.47. The highest BCUT2D eigenvalue weighted by molar-refractivity contribution is 9.10. The van der Waals surface area contributed by atoms with Crippen LogP contribution in [0.1, 0.15) is 0 Å². The first kappa shape index (κ1) is 19.3. The minimum Gasteiger partial charge on any atom is -0.454 e. The zero-order valence-corrected chi connectivity index (χ0v) is 16.0. The SMILES string of the molecule is C=C/C(=C\C=NC=N)Oc1ccc(Nc2ncnc3cc(Br)cnc23)cc1F. The van der Waals surface area contributed by atoms with Crippen LogP contribution >= 0.6 is 15.9 Å². The molecule has 0 radical (unpaired) electrons. The van der Waals surface area contributed by atoms with Gasteiger partial charge in [0.2, 0.25) is 0 Å². The third-order valence-corrected chi connectivity index (χ3v) is 3.90. The summed E-state index contributed by atoms with van der Waals surface area (Å²) in [5.41, 5.74) is 1.69. The van der Waals surface area contributed by atoms with Crippen LogP contribution in [0.15, 0.2) is 70.7 Å². The summed E-state index contributed by atoms with van der Waals surface area (Å²) >= 11 is 3.35. The lowest BCUT2D eigenvalue weighted by Crippen LogP contribution is -1.99. The van der Waals surface area contributed by atoms with E-state index in [0.29, 0.717) is 28.3 Å². The highest BCUT2D eigenvalue weighted by Crippen LogP contribution is 2.27. The second-order valence-electron chi connectivity index (χ2n) is 5.32. The Morgan fingerprint density at radius 2 is 2.14 bits per heavy atom. The van der Waals surface area contributed by atoms with Crippen LogP contribution < -0.4 is 10.1 Å². The average molecular weight is 441 g/mol. The van der Waals surface area contributed by atoms with E-state index in [1.54, 1.807) is 12.3 Å². The van der Waals surface area contributed by atoms with Crippen LogP contribution in [0.4, 0.5) is 15.9 Å². The fraction of sp³-hybridized carbons (Fsp3) is 0. The summed E-state index contributed by atoms with van der Waals surface area (Å²) in [6.45, 7) is 3.60. The van der Waals surface area contributed by atoms with Crippen molar-refractivity contribution >= 4 is 51.0 Å². The standard InChI is InChI=1S/C19H14BrFN6O/c1-2-14(5-6-23-10-22)28-17-4-3-13(8-15(17)21)27-19-18-16(25-11-26-19)7-12(20)9-24-18/h2-11,22H,1H2,(H,25,26,27)/b14-5+,22-10?,23-6?. The topological polar surface area (TPSA) is 96.1 Å². The number of nitrogens with zero attached hydrogens (tertiary/aromatic N) is 4. The summed E-state index contributed by atoms with van der Waals surface area (Å²) in [6.07, 6.45) is 8.16. The Labute approximate surface area is 168 Å². The van der Waals surface area contributed by atoms with Gasteiger partial charge in [0, 0.05) is 28.6 Å². The summed E-state index contributed by atoms with van der Waals surface area (Å²) in [5, 5.41) is 9.87. The van der Waals surface area contributed by atoms with Crippen molar-refractivity contribution in [2.75, 3.05) is 5.32 Å². The van der Waals surface area contributed by atoms with Crippen LogP contribution in [-0.4, -0.2) is 27.5 Å². The number of aliphatic imine (C=N–C) groups is 1. The van der Waals surface area contributed by atoms with Crippen molar-refractivity contribution in [2.24, 2.45) is 4.99 Å². The molecule has 2 N–H and O–H groups in total. The predicted molar refractivity (Wildman–Crippen MR) is 111 cm³/mol. The number of anilines is 2. The van der Waals surface area contributed by atoms with E-state index < -0.39 is 5.82 Å². The van der Waals surface area contributed by atoms with Gasteiger partial charge in [0.05, 0.1) is 5.52 Å². The number of hydrogen-bond donors (Lipinski definition) is 2. The lowest BCUT2D eigenvalue weighted by molar-refractivity contribution is 0.413. The molecule has 28 heavy (non-hydrogen) atoms. The molecule has 0 fully saturated rings. The molecule has 2 heterocycles. The maximum Gasteiger partial charge on any atom is 0.167 e. The molecule has 0 aliphatic rings. The van der Waals surface area contributed by atoms with Gasteiger partial charge in [-0.2, -0.15) is 0 Å². The molecule has 0 saturated carbocycles. The minimum absolute atomic E-state index is 0.0227. The Balaban J connectivity index is 1.83. The molecule has 1 aromatic carbocycles. The molecular weight excluding hydrogens is 427 g/mol. The van der Waals surface area contributed by atoms with Crippen LogP contribution in [-0.2, 0) is 0 Å². The molecule has 0 unspecified atom stereocenters. The molecule has 0 bridgehead atoms. The van der Waals surface area contributed by atoms with E-state index >= 15 is 0 Å². The summed E-state index contributed by atoms with van der Waals surface area (Å²) in [4.78, 5) is 16.3. The van der Waals surface area contributed by atoms with Crippen molar-refractivity contribution in [1.82, 2.24) is 15.0 Å². The first-order valence-electron chi connectivity index (χ1n) is 7.96. The molecule has 0 saturated heterocycles. The number of hydrogen-bond acceptors (Lipinski definition) is 6. The van der Waals surface area contributed by atoms with Gasteiger partial charge in [0.1, 0.15) is 23.9 Å². The van der Waals surface area contributed by atoms with Crippen molar-refractivity contribution in [1.29, 1.82) is 5.41 Å². The van der Waals surface area contributed by atoms with Crippen LogP contribution in [0.3, 0.4) is 0 Å². The Bertz CT molecular complexity index is 1100. The molecule has 0 aliphatic heterocycles. The summed E-state index contributed by atoms with van der Waals surface area (Å²) in [5.74, 6) is 0.201. The molecule has 3 aromatic rings. The van der Waals surface area contributed by atoms with E-state index in [9.17, 15) is 4.39 Å². The number of nitrogens with one attached hydrogen (secondary N) is 2. The monoisotopic (exact) mass is 440 g/mol. The predicted octanol–water partition coefficient (Wildman–Crippen LogP) is 4.80. The van der Waals surface area contributed by atoms with Gasteiger partial charge in [-0.25, -0.2) is 24.3 Å². The number of ether oxygens (including phenoxy) is 1. The highest BCUT2D eigenvalue weighted by Gasteiger charge is 2.10. The van der Waals surface area contributed by atoms with Gasteiger partial charge in [-0.3, -0.25) is 5.41 Å². The lowest BCUT2D eigenvalue weighted by atomic mass is 10.2. The molecular formula is C19H14BrFN6O. The summed E-state index contributed by atoms with van der Waals surface area (Å²) < 4.78 is 20.7. The van der Waals surface area contributed by atoms with Gasteiger partial charge in [-0.1, -0.05) is 6.58 Å². The molecule has 0 spiro atoms. The van der Waals surface area contributed by atoms with Crippen molar-refractivity contribution in [3.8, 4) is 5.75 Å². The molecule has 140 valence electrons. The smallest absolute Gasteiger partial charge is 0.167 e. The van der Waals surface area contributed by atoms with Crippen molar-refractivity contribution in [3.05, 3.63) is 71.6 Å². The van der Waals surface area contributed by atoms with Crippen molar-refractivity contribution < 1.29 is 9.13 Å². The van der Waals surface area contributed by atoms with E-state index in [0.717, 1.165) is 10.8 Å². The maximum atomic E-state index is 14.5. The average Bonchev–Trinajstić information content (AvgIpc) is 2.69. The van der Waals surface area contributed by atoms with Gasteiger partial charge in [-0.05, 0) is 46.3 Å². The van der Waals surface area contributed by atoms with E-state index in [1.165, 1.54) is 36.8 Å². The van der Waals surface area contributed by atoms with Gasteiger partial charge in [0.25, 0.3) is 0 Å². The normalized spacial score (nSPS) is 11.6. The number of pyridine rings is 1. The van der Waals surface area contributed by atoms with Gasteiger partial charge in [0.15, 0.2) is 17.4 Å². The molecule has 0 atom stereocenters. The van der Waals surface area contributed by atoms with Crippen molar-refractivity contribution in [3.63, 3.8) is 0 Å². The Kier molecular flexibility index (Phi) is 6.18. The molecule has 7 nitrogen and oxygen atoms in total. The fourth-order valence-electron chi connectivity index (χ4n) is 2.24. The second-order valence-corrected chi connectivity index (χ2v) is 6.23. The number of allylic oxidation sites excluding steroid dienone is 2. The van der Waals surface area contributed by atoms with Crippen LogP contribution in [0.2, 0.25) is 0 Å². The Morgan fingerprint density at radius 1 is 1.29 bits per heavy atom. The van der Waals surface area contributed by atoms with E-state index in [1.807, 2.05) is 6.07 Å². The second kappa shape index (κ2) is 8.96.